The molecule has 0 radical (unpaired) electrons. The number of allylic oxidation sites excluding steroid dienone is 1. The zero-order valence-corrected chi connectivity index (χ0v) is 22.4. The molecular formula is C30H41N3O3. The number of aldehydes is 1. The Balaban J connectivity index is 0.000000830. The molecule has 194 valence electrons. The Hall–Kier alpha value is -3.06. The molecule has 0 bridgehead atoms. The predicted octanol–water partition coefficient (Wildman–Crippen LogP) is 4.88. The first-order valence-electron chi connectivity index (χ1n) is 12.5. The Labute approximate surface area is 215 Å². The van der Waals surface area contributed by atoms with Gasteiger partial charge in [-0.05, 0) is 73.0 Å². The summed E-state index contributed by atoms with van der Waals surface area (Å²) in [7, 11) is 1.97. The lowest BCUT2D eigenvalue weighted by Crippen LogP contribution is -2.26. The molecule has 6 heteroatoms. The molecule has 0 saturated carbocycles. The Morgan fingerprint density at radius 2 is 1.28 bits per heavy atom. The number of carbonyl (C=O) groups excluding carboxylic acids is 2. The molecule has 0 amide bonds. The number of carbonyl (C=O) groups is 2. The van der Waals surface area contributed by atoms with Crippen molar-refractivity contribution in [1.82, 2.24) is 16.0 Å². The fraction of sp³-hybridized carbons (Fsp3) is 0.400. The minimum absolute atomic E-state index is 0.169. The van der Waals surface area contributed by atoms with Gasteiger partial charge in [-0.25, -0.2) is 0 Å². The van der Waals surface area contributed by atoms with E-state index in [9.17, 15) is 9.59 Å². The van der Waals surface area contributed by atoms with Crippen molar-refractivity contribution in [1.29, 1.82) is 0 Å². The molecular weight excluding hydrogens is 450 g/mol. The molecule has 0 aromatic heterocycles. The summed E-state index contributed by atoms with van der Waals surface area (Å²) in [6, 6.07) is 17.2. The Kier molecular flexibility index (Phi) is 11.7. The molecule has 0 atom stereocenters. The molecule has 36 heavy (non-hydrogen) atoms. The van der Waals surface area contributed by atoms with Gasteiger partial charge in [-0.15, -0.1) is 0 Å². The van der Waals surface area contributed by atoms with E-state index >= 15 is 0 Å². The van der Waals surface area contributed by atoms with E-state index in [-0.39, 0.29) is 5.97 Å². The van der Waals surface area contributed by atoms with E-state index in [1.54, 1.807) is 6.92 Å². The highest BCUT2D eigenvalue weighted by Gasteiger charge is 2.16. The minimum Gasteiger partial charge on any atom is -0.460 e. The number of rotatable bonds is 11. The average molecular weight is 492 g/mol. The zero-order valence-electron chi connectivity index (χ0n) is 22.4. The summed E-state index contributed by atoms with van der Waals surface area (Å²) in [5.41, 5.74) is 2.74. The molecule has 0 aliphatic carbocycles. The Morgan fingerprint density at radius 1 is 0.861 bits per heavy atom. The van der Waals surface area contributed by atoms with Crippen molar-refractivity contribution in [2.24, 2.45) is 0 Å². The van der Waals surface area contributed by atoms with Gasteiger partial charge in [0.25, 0.3) is 0 Å². The van der Waals surface area contributed by atoms with Gasteiger partial charge >= 0.3 is 5.97 Å². The number of benzene rings is 3. The average Bonchev–Trinajstić information content (AvgIpc) is 2.84. The first-order chi connectivity index (χ1) is 17.2. The van der Waals surface area contributed by atoms with Crippen LogP contribution in [0.2, 0.25) is 0 Å². The smallest absolute Gasteiger partial charge is 0.307 e. The van der Waals surface area contributed by atoms with Crippen LogP contribution in [-0.2, 0) is 27.4 Å². The van der Waals surface area contributed by atoms with Crippen LogP contribution in [0, 0.1) is 0 Å². The van der Waals surface area contributed by atoms with Crippen molar-refractivity contribution in [3.63, 3.8) is 0 Å². The summed E-state index contributed by atoms with van der Waals surface area (Å²) in [5, 5.41) is 15.3. The van der Waals surface area contributed by atoms with E-state index < -0.39 is 5.60 Å². The molecule has 3 aromatic carbocycles. The van der Waals surface area contributed by atoms with E-state index in [1.807, 2.05) is 27.8 Å². The van der Waals surface area contributed by atoms with Crippen molar-refractivity contribution < 1.29 is 14.3 Å². The van der Waals surface area contributed by atoms with Crippen molar-refractivity contribution in [2.45, 2.75) is 52.8 Å². The van der Waals surface area contributed by atoms with Gasteiger partial charge in [0, 0.05) is 32.7 Å². The molecule has 6 nitrogen and oxygen atoms in total. The first kappa shape index (κ1) is 29.2. The highest BCUT2D eigenvalue weighted by molar-refractivity contribution is 6.05. The van der Waals surface area contributed by atoms with Crippen LogP contribution in [0.25, 0.3) is 21.5 Å². The van der Waals surface area contributed by atoms with Crippen LogP contribution in [0.5, 0.6) is 0 Å². The van der Waals surface area contributed by atoms with Gasteiger partial charge in [0.05, 0.1) is 6.42 Å². The van der Waals surface area contributed by atoms with Crippen molar-refractivity contribution in [3.8, 4) is 0 Å². The van der Waals surface area contributed by atoms with E-state index in [0.29, 0.717) is 25.1 Å². The third-order valence-corrected chi connectivity index (χ3v) is 5.44. The van der Waals surface area contributed by atoms with Gasteiger partial charge < -0.3 is 20.7 Å². The molecule has 0 heterocycles. The zero-order chi connectivity index (χ0) is 26.6. The third kappa shape index (κ3) is 9.19. The number of esters is 1. The molecule has 0 aliphatic heterocycles. The minimum atomic E-state index is -0.444. The number of likely N-dealkylation sites (N-methyl/N-ethyl adjacent to an activating group) is 1. The lowest BCUT2D eigenvalue weighted by Gasteiger charge is -2.20. The van der Waals surface area contributed by atoms with E-state index in [1.165, 1.54) is 32.7 Å². The number of hydrogen-bond donors (Lipinski definition) is 3. The van der Waals surface area contributed by atoms with Gasteiger partial charge in [0.1, 0.15) is 11.9 Å². The van der Waals surface area contributed by atoms with Gasteiger partial charge in [-0.1, -0.05) is 55.1 Å². The van der Waals surface area contributed by atoms with Crippen LogP contribution >= 0.6 is 0 Å². The molecule has 3 aromatic rings. The van der Waals surface area contributed by atoms with Gasteiger partial charge in [0.2, 0.25) is 0 Å². The van der Waals surface area contributed by atoms with Crippen LogP contribution in [-0.4, -0.2) is 44.5 Å². The molecule has 0 saturated heterocycles. The van der Waals surface area contributed by atoms with Crippen molar-refractivity contribution in [3.05, 3.63) is 71.8 Å². The largest absolute Gasteiger partial charge is 0.460 e. The maximum atomic E-state index is 12.0. The molecule has 0 aliphatic rings. The van der Waals surface area contributed by atoms with Crippen LogP contribution in [0.4, 0.5) is 0 Å². The molecule has 0 unspecified atom stereocenters. The number of ether oxygens (including phenoxy) is 1. The third-order valence-electron chi connectivity index (χ3n) is 5.44. The maximum absolute atomic E-state index is 12.0. The molecule has 3 rings (SSSR count). The summed E-state index contributed by atoms with van der Waals surface area (Å²) in [5.74, 6) is -0.169. The van der Waals surface area contributed by atoms with Gasteiger partial charge in [-0.2, -0.15) is 0 Å². The monoisotopic (exact) mass is 491 g/mol. The Bertz CT molecular complexity index is 1110. The highest BCUT2D eigenvalue weighted by Crippen LogP contribution is 2.33. The molecule has 3 N–H and O–H groups in total. The summed E-state index contributed by atoms with van der Waals surface area (Å²) in [4.78, 5) is 21.4. The standard InChI is InChI=1S/C26H35N3O2.C4H6O/c1-26(2,3)31-25(30)13-14-28-17-23-19-9-5-7-11-21(19)24(18-29-16-15-27-4)22-12-8-6-10-20(22)23;1-4(2)3-5/h5-12,27-29H,13-18H2,1-4H3;3H,1H2,2H3. The highest BCUT2D eigenvalue weighted by atomic mass is 16.6. The van der Waals surface area contributed by atoms with Crippen LogP contribution in [0.1, 0.15) is 45.2 Å². The lowest BCUT2D eigenvalue weighted by molar-refractivity contribution is -0.154. The lowest BCUT2D eigenvalue weighted by atomic mass is 9.91. The van der Waals surface area contributed by atoms with Crippen molar-refractivity contribution >= 4 is 33.8 Å². The second-order valence-electron chi connectivity index (χ2n) is 9.81. The fourth-order valence-electron chi connectivity index (χ4n) is 3.91. The summed E-state index contributed by atoms with van der Waals surface area (Å²) in [6.45, 7) is 14.6. The summed E-state index contributed by atoms with van der Waals surface area (Å²) in [6.07, 6.45) is 1.08. The maximum Gasteiger partial charge on any atom is 0.307 e. The van der Waals surface area contributed by atoms with E-state index in [2.05, 4.69) is 71.1 Å². The quantitative estimate of drug-likeness (QED) is 0.117. The normalized spacial score (nSPS) is 11.1. The van der Waals surface area contributed by atoms with Crippen molar-refractivity contribution in [2.75, 3.05) is 26.7 Å². The van der Waals surface area contributed by atoms with Crippen LogP contribution in [0.3, 0.4) is 0 Å². The Morgan fingerprint density at radius 3 is 1.64 bits per heavy atom. The summed E-state index contributed by atoms with van der Waals surface area (Å²) >= 11 is 0. The van der Waals surface area contributed by atoms with E-state index in [4.69, 9.17) is 4.74 Å². The SMILES string of the molecule is C=C(C)C=O.CNCCNCc1c2ccccc2c(CNCCC(=O)OC(C)(C)C)c2ccccc12. The van der Waals surface area contributed by atoms with Gasteiger partial charge in [-0.3, -0.25) is 9.59 Å². The van der Waals surface area contributed by atoms with Crippen LogP contribution in [0.15, 0.2) is 60.7 Å². The predicted molar refractivity (Wildman–Crippen MR) is 150 cm³/mol. The second kappa shape index (κ2) is 14.5. The second-order valence-corrected chi connectivity index (χ2v) is 9.81. The van der Waals surface area contributed by atoms with Gasteiger partial charge in [0.15, 0.2) is 0 Å². The number of nitrogens with one attached hydrogen (secondary N) is 3. The molecule has 0 fully saturated rings. The topological polar surface area (TPSA) is 79.5 Å². The first-order valence-corrected chi connectivity index (χ1v) is 12.5. The van der Waals surface area contributed by atoms with Crippen LogP contribution < -0.4 is 16.0 Å². The number of hydrogen-bond acceptors (Lipinski definition) is 6. The van der Waals surface area contributed by atoms with E-state index in [0.717, 1.165) is 25.9 Å². The fourth-order valence-corrected chi connectivity index (χ4v) is 3.91. The molecule has 0 spiro atoms. The number of fused-ring (bicyclic) bond motifs is 2. The summed E-state index contributed by atoms with van der Waals surface area (Å²) < 4.78 is 5.41.